The average molecular weight is 998 g/mol. The Morgan fingerprint density at radius 1 is 0.943 bits per heavy atom. The number of hydrogen-bond acceptors (Lipinski definition) is 10. The lowest BCUT2D eigenvalue weighted by Gasteiger charge is -2.44. The van der Waals surface area contributed by atoms with Gasteiger partial charge in [-0.3, -0.25) is 48.4 Å². The topological polar surface area (TPSA) is 227 Å². The summed E-state index contributed by atoms with van der Waals surface area (Å²) in [6.07, 6.45) is 7.74. The van der Waals surface area contributed by atoms with E-state index >= 15 is 0 Å². The summed E-state index contributed by atoms with van der Waals surface area (Å²) in [5.41, 5.74) is -2.48. The summed E-state index contributed by atoms with van der Waals surface area (Å²) in [7, 11) is -5.86. The summed E-state index contributed by atoms with van der Waals surface area (Å²) in [5, 5.41) is 5.23. The van der Waals surface area contributed by atoms with Crippen molar-refractivity contribution in [1.82, 2.24) is 35.2 Å². The van der Waals surface area contributed by atoms with Gasteiger partial charge in [-0.2, -0.15) is 8.78 Å². The fourth-order valence-electron chi connectivity index (χ4n) is 10.1. The number of carbonyl (C=O) groups excluding carboxylic acids is 7. The van der Waals surface area contributed by atoms with Gasteiger partial charge in [0.05, 0.1) is 4.88 Å². The molecule has 366 valence electrons. The zero-order valence-electron chi connectivity index (χ0n) is 37.9. The van der Waals surface area contributed by atoms with Gasteiger partial charge in [-0.25, -0.2) is 0 Å². The standard InChI is InChI=1S/C49H50F2N7O10PS/c50-49(51,69(66,67)68)33-13-17-40-31(22-33)23-41(70-40)45(62)53-37-28-55(21-19-34-14-15-39(58(34)47(37)64)48(65)56-25-32(26-56)30-10-7-20-52-24-30)43(60)12-5-3-1-2-4-8-29-9-6-11-35-36(29)27-57(46(35)63)38-16-18-42(59)54-44(38)61/h6-7,9-11,13,17,20,22-24,32,34,37-39H,1-3,5,12,14-16,18-19,21,25-28H2,(H,53,62)(H,54,59,61)(H2,66,67,68)/t34-,37+,38?,39+/m1/s1. The van der Waals surface area contributed by atoms with E-state index in [0.717, 1.165) is 34.6 Å². The quantitative estimate of drug-likeness (QED) is 0.0664. The van der Waals surface area contributed by atoms with Crippen molar-refractivity contribution in [2.24, 2.45) is 0 Å². The third kappa shape index (κ3) is 9.72. The van der Waals surface area contributed by atoms with Crippen molar-refractivity contribution in [2.45, 2.75) is 107 Å². The van der Waals surface area contributed by atoms with Gasteiger partial charge in [-0.05, 0) is 91.4 Å². The van der Waals surface area contributed by atoms with E-state index in [1.54, 1.807) is 39.2 Å². The molecule has 5 aliphatic heterocycles. The van der Waals surface area contributed by atoms with E-state index in [2.05, 4.69) is 27.5 Å². The van der Waals surface area contributed by atoms with Crippen LogP contribution in [0, 0.1) is 11.8 Å². The maximum Gasteiger partial charge on any atom is 0.399 e. The number of aromatic nitrogens is 1. The van der Waals surface area contributed by atoms with Gasteiger partial charge in [0.1, 0.15) is 18.1 Å². The molecule has 0 radical (unpaired) electrons. The van der Waals surface area contributed by atoms with Crippen LogP contribution in [0.2, 0.25) is 0 Å². The summed E-state index contributed by atoms with van der Waals surface area (Å²) >= 11 is 0.935. The Morgan fingerprint density at radius 3 is 2.51 bits per heavy atom. The number of hydrogen-bond donors (Lipinski definition) is 4. The number of thiophene rings is 1. The molecule has 4 fully saturated rings. The number of rotatable bonds is 12. The second kappa shape index (κ2) is 19.8. The molecular formula is C49H50F2N7O10PS. The third-order valence-corrected chi connectivity index (χ3v) is 16.0. The molecule has 1 unspecified atom stereocenters. The van der Waals surface area contributed by atoms with Crippen molar-refractivity contribution in [1.29, 1.82) is 0 Å². The number of amides is 7. The van der Waals surface area contributed by atoms with Gasteiger partial charge >= 0.3 is 13.3 Å². The molecule has 0 bridgehead atoms. The van der Waals surface area contributed by atoms with Crippen LogP contribution >= 0.6 is 18.9 Å². The molecule has 9 rings (SSSR count). The van der Waals surface area contributed by atoms with Crippen LogP contribution in [0.4, 0.5) is 8.78 Å². The molecule has 2 aromatic heterocycles. The molecule has 7 amide bonds. The lowest BCUT2D eigenvalue weighted by molar-refractivity contribution is -0.151. The number of benzene rings is 2. The molecule has 7 heterocycles. The number of fused-ring (bicyclic) bond motifs is 3. The number of imide groups is 1. The van der Waals surface area contributed by atoms with Gasteiger partial charge < -0.3 is 34.7 Å². The van der Waals surface area contributed by atoms with E-state index < -0.39 is 54.7 Å². The first-order valence-electron chi connectivity index (χ1n) is 23.3. The lowest BCUT2D eigenvalue weighted by atomic mass is 9.92. The minimum atomic E-state index is -5.86. The number of nitrogens with zero attached hydrogens (tertiary/aromatic N) is 5. The summed E-state index contributed by atoms with van der Waals surface area (Å²) in [6.45, 7) is 1.24. The van der Waals surface area contributed by atoms with Crippen LogP contribution in [0.5, 0.6) is 0 Å². The number of carbonyl (C=O) groups is 7. The monoisotopic (exact) mass is 997 g/mol. The molecule has 4 atom stereocenters. The highest BCUT2D eigenvalue weighted by Crippen LogP contribution is 2.59. The Balaban J connectivity index is 0.847. The first kappa shape index (κ1) is 48.6. The van der Waals surface area contributed by atoms with Crippen molar-refractivity contribution in [3.05, 3.63) is 99.7 Å². The molecule has 0 saturated carbocycles. The Labute approximate surface area is 405 Å². The van der Waals surface area contributed by atoms with E-state index in [1.165, 1.54) is 17.0 Å². The minimum absolute atomic E-state index is 0.0365. The minimum Gasteiger partial charge on any atom is -0.340 e. The molecule has 5 aliphatic rings. The highest BCUT2D eigenvalue weighted by molar-refractivity contribution is 7.52. The Kier molecular flexibility index (Phi) is 13.7. The maximum atomic E-state index is 14.7. The molecule has 17 nitrogen and oxygen atoms in total. The molecule has 21 heteroatoms. The fraction of sp³-hybridized carbons (Fsp3) is 0.429. The zero-order valence-corrected chi connectivity index (χ0v) is 39.6. The number of halogens is 2. The van der Waals surface area contributed by atoms with E-state index in [4.69, 9.17) is 0 Å². The molecule has 4 N–H and O–H groups in total. The summed E-state index contributed by atoms with van der Waals surface area (Å²) in [6, 6.07) is 10.3. The van der Waals surface area contributed by atoms with Crippen LogP contribution in [-0.4, -0.2) is 126 Å². The van der Waals surface area contributed by atoms with Crippen LogP contribution in [0.3, 0.4) is 0 Å². The Morgan fingerprint density at radius 2 is 1.76 bits per heavy atom. The number of likely N-dealkylation sites (tertiary alicyclic amines) is 1. The summed E-state index contributed by atoms with van der Waals surface area (Å²) in [4.78, 5) is 123. The van der Waals surface area contributed by atoms with E-state index in [-0.39, 0.29) is 84.7 Å². The number of alkyl halides is 2. The van der Waals surface area contributed by atoms with Gasteiger partial charge in [0.25, 0.3) is 11.8 Å². The highest BCUT2D eigenvalue weighted by atomic mass is 32.1. The van der Waals surface area contributed by atoms with Gasteiger partial charge in [0, 0.05) is 97.7 Å². The van der Waals surface area contributed by atoms with Gasteiger partial charge in [-0.1, -0.05) is 36.5 Å². The van der Waals surface area contributed by atoms with Crippen LogP contribution in [0.15, 0.2) is 67.0 Å². The van der Waals surface area contributed by atoms with Gasteiger partial charge in [-0.15, -0.1) is 11.3 Å². The van der Waals surface area contributed by atoms with Crippen molar-refractivity contribution < 1.29 is 56.7 Å². The van der Waals surface area contributed by atoms with Gasteiger partial charge in [0.15, 0.2) is 0 Å². The molecule has 70 heavy (non-hydrogen) atoms. The van der Waals surface area contributed by atoms with Crippen LogP contribution < -0.4 is 10.6 Å². The van der Waals surface area contributed by atoms with Crippen molar-refractivity contribution >= 4 is 70.4 Å². The first-order valence-corrected chi connectivity index (χ1v) is 25.7. The van der Waals surface area contributed by atoms with Crippen LogP contribution in [-0.2, 0) is 40.7 Å². The molecular weight excluding hydrogens is 948 g/mol. The zero-order chi connectivity index (χ0) is 49.5. The SMILES string of the molecule is O=C1CCC(N2Cc3c(C#CCCCCCC(=O)N4CC[C@H]5CC[C@@H](C(=O)N6CC(c7cccnc7)C6)N5C(=O)[C@@H](NC(=O)c5cc6cc(C(F)(F)P(=O)(O)O)ccc6s5)C4)cccc3C2=O)C(=O)N1. The maximum absolute atomic E-state index is 14.7. The smallest absolute Gasteiger partial charge is 0.340 e. The van der Waals surface area contributed by atoms with Crippen LogP contribution in [0.25, 0.3) is 10.1 Å². The number of nitrogens with one attached hydrogen (secondary N) is 2. The summed E-state index contributed by atoms with van der Waals surface area (Å²) in [5.74, 6) is 3.68. The molecule has 0 spiro atoms. The summed E-state index contributed by atoms with van der Waals surface area (Å²) < 4.78 is 41.2. The highest BCUT2D eigenvalue weighted by Gasteiger charge is 2.51. The molecule has 4 saturated heterocycles. The molecule has 4 aromatic rings. The predicted octanol–water partition coefficient (Wildman–Crippen LogP) is 4.60. The number of piperidine rings is 1. The fourth-order valence-corrected chi connectivity index (χ4v) is 11.5. The largest absolute Gasteiger partial charge is 0.399 e. The third-order valence-electron chi connectivity index (χ3n) is 13.9. The van der Waals surface area contributed by atoms with E-state index in [9.17, 15) is 56.7 Å². The van der Waals surface area contributed by atoms with Crippen LogP contribution in [0.1, 0.15) is 112 Å². The first-order chi connectivity index (χ1) is 33.5. The predicted molar refractivity (Wildman–Crippen MR) is 250 cm³/mol. The van der Waals surface area contributed by atoms with Gasteiger partial charge in [0.2, 0.25) is 29.5 Å². The number of unbranched alkanes of at least 4 members (excludes halogenated alkanes) is 3. The van der Waals surface area contributed by atoms with E-state index in [0.29, 0.717) is 73.9 Å². The van der Waals surface area contributed by atoms with Crippen molar-refractivity contribution in [3.63, 3.8) is 0 Å². The average Bonchev–Trinajstić information content (AvgIpc) is 4.03. The number of pyridine rings is 1. The molecule has 0 aliphatic carbocycles. The van der Waals surface area contributed by atoms with E-state index in [1.807, 2.05) is 18.2 Å². The van der Waals surface area contributed by atoms with Crippen molar-refractivity contribution in [2.75, 3.05) is 26.2 Å². The lowest BCUT2D eigenvalue weighted by Crippen LogP contribution is -2.62. The Bertz CT molecular complexity index is 2900. The second-order valence-electron chi connectivity index (χ2n) is 18.4. The molecule has 2 aromatic carbocycles. The second-order valence-corrected chi connectivity index (χ2v) is 21.1. The normalized spacial score (nSPS) is 21.9. The Hall–Kier alpha value is -6.39. The van der Waals surface area contributed by atoms with Crippen molar-refractivity contribution in [3.8, 4) is 11.8 Å².